The lowest BCUT2D eigenvalue weighted by molar-refractivity contribution is 1.19. The lowest BCUT2D eigenvalue weighted by atomic mass is 10.1. The van der Waals surface area contributed by atoms with Gasteiger partial charge in [-0.15, -0.1) is 11.3 Å². The second-order valence-electron chi connectivity index (χ2n) is 5.06. The Labute approximate surface area is 129 Å². The number of nitrogens with zero attached hydrogens (tertiary/aromatic N) is 1. The highest BCUT2D eigenvalue weighted by molar-refractivity contribution is 7.15. The molecule has 0 N–H and O–H groups in total. The minimum Gasteiger partial charge on any atom is -0.192 e. The summed E-state index contributed by atoms with van der Waals surface area (Å²) >= 11 is 1.80. The minimum atomic E-state index is 0.710. The monoisotopic (exact) mass is 289 g/mol. The zero-order valence-electron chi connectivity index (χ0n) is 11.8. The summed E-state index contributed by atoms with van der Waals surface area (Å²) in [7, 11) is 0. The Morgan fingerprint density at radius 3 is 2.67 bits per heavy atom. The fraction of sp³-hybridized carbons (Fsp3) is 0.105. The van der Waals surface area contributed by atoms with E-state index in [2.05, 4.69) is 55.5 Å². The molecule has 1 heterocycles. The van der Waals surface area contributed by atoms with Gasteiger partial charge >= 0.3 is 0 Å². The fourth-order valence-electron chi connectivity index (χ4n) is 2.37. The van der Waals surface area contributed by atoms with E-state index in [-0.39, 0.29) is 0 Å². The number of rotatable bonds is 3. The van der Waals surface area contributed by atoms with Crippen LogP contribution in [-0.4, -0.2) is 0 Å². The lowest BCUT2D eigenvalue weighted by Crippen LogP contribution is -1.87. The van der Waals surface area contributed by atoms with Crippen molar-refractivity contribution in [1.82, 2.24) is 0 Å². The zero-order valence-corrected chi connectivity index (χ0v) is 12.7. The van der Waals surface area contributed by atoms with Crippen LogP contribution in [0.3, 0.4) is 0 Å². The number of aryl methyl sites for hydroxylation is 1. The van der Waals surface area contributed by atoms with Crippen LogP contribution in [0.5, 0.6) is 0 Å². The molecule has 0 unspecified atom stereocenters. The van der Waals surface area contributed by atoms with Crippen molar-refractivity contribution in [2.24, 2.45) is 0 Å². The molecule has 0 fully saturated rings. The summed E-state index contributed by atoms with van der Waals surface area (Å²) in [5.74, 6) is 0. The van der Waals surface area contributed by atoms with E-state index < -0.39 is 0 Å². The van der Waals surface area contributed by atoms with E-state index in [4.69, 9.17) is 5.26 Å². The predicted octanol–water partition coefficient (Wildman–Crippen LogP) is 5.19. The molecule has 21 heavy (non-hydrogen) atoms. The van der Waals surface area contributed by atoms with Gasteiger partial charge in [-0.1, -0.05) is 36.4 Å². The van der Waals surface area contributed by atoms with Crippen molar-refractivity contribution < 1.29 is 0 Å². The summed E-state index contributed by atoms with van der Waals surface area (Å²) < 4.78 is 0. The van der Waals surface area contributed by atoms with E-state index in [1.807, 2.05) is 18.2 Å². The summed E-state index contributed by atoms with van der Waals surface area (Å²) in [5, 5.41) is 8.99. The SMILES string of the molecule is Cc1ccccc1Cc1ccc(-c2cccc(C#N)c2)s1. The molecule has 0 aliphatic carbocycles. The van der Waals surface area contributed by atoms with Crippen LogP contribution >= 0.6 is 11.3 Å². The molecule has 0 atom stereocenters. The van der Waals surface area contributed by atoms with Crippen LogP contribution in [0.25, 0.3) is 10.4 Å². The highest BCUT2D eigenvalue weighted by Gasteiger charge is 2.06. The smallest absolute Gasteiger partial charge is 0.0991 e. The molecule has 0 saturated carbocycles. The van der Waals surface area contributed by atoms with Crippen molar-refractivity contribution in [1.29, 1.82) is 5.26 Å². The average molecular weight is 289 g/mol. The Kier molecular flexibility index (Phi) is 3.85. The second kappa shape index (κ2) is 5.95. The first-order valence-corrected chi connectivity index (χ1v) is 7.71. The molecule has 0 amide bonds. The molecule has 3 rings (SSSR count). The third kappa shape index (κ3) is 3.04. The molecule has 0 radical (unpaired) electrons. The molecule has 102 valence electrons. The van der Waals surface area contributed by atoms with Gasteiger partial charge in [-0.05, 0) is 47.9 Å². The van der Waals surface area contributed by atoms with Gasteiger partial charge in [0.1, 0.15) is 0 Å². The van der Waals surface area contributed by atoms with E-state index in [1.54, 1.807) is 11.3 Å². The van der Waals surface area contributed by atoms with E-state index in [0.717, 1.165) is 12.0 Å². The number of benzene rings is 2. The number of hydrogen-bond donors (Lipinski definition) is 0. The Morgan fingerprint density at radius 2 is 1.86 bits per heavy atom. The largest absolute Gasteiger partial charge is 0.192 e. The number of nitriles is 1. The second-order valence-corrected chi connectivity index (χ2v) is 6.23. The molecule has 1 aromatic heterocycles. The molecule has 0 bridgehead atoms. The van der Waals surface area contributed by atoms with Crippen molar-refractivity contribution in [3.63, 3.8) is 0 Å². The Hall–Kier alpha value is -2.37. The molecule has 0 spiro atoms. The summed E-state index contributed by atoms with van der Waals surface area (Å²) in [5.41, 5.74) is 4.53. The molecule has 0 aliphatic rings. The molecule has 3 aromatic rings. The molecule has 0 saturated heterocycles. The summed E-state index contributed by atoms with van der Waals surface area (Å²) in [6.45, 7) is 2.15. The fourth-order valence-corrected chi connectivity index (χ4v) is 3.39. The van der Waals surface area contributed by atoms with Gasteiger partial charge < -0.3 is 0 Å². The van der Waals surface area contributed by atoms with Crippen LogP contribution in [0.1, 0.15) is 21.6 Å². The molecule has 1 nitrogen and oxygen atoms in total. The number of thiophene rings is 1. The van der Waals surface area contributed by atoms with Gasteiger partial charge in [0.15, 0.2) is 0 Å². The Balaban J connectivity index is 1.87. The van der Waals surface area contributed by atoms with Gasteiger partial charge in [-0.3, -0.25) is 0 Å². The zero-order chi connectivity index (χ0) is 14.7. The van der Waals surface area contributed by atoms with Gasteiger partial charge in [-0.25, -0.2) is 0 Å². The average Bonchev–Trinajstić information content (AvgIpc) is 2.98. The van der Waals surface area contributed by atoms with Gasteiger partial charge in [0, 0.05) is 16.2 Å². The maximum absolute atomic E-state index is 8.99. The molecule has 0 aliphatic heterocycles. The Bertz CT molecular complexity index is 808. The maximum Gasteiger partial charge on any atom is 0.0991 e. The van der Waals surface area contributed by atoms with Crippen LogP contribution in [-0.2, 0) is 6.42 Å². The van der Waals surface area contributed by atoms with Crippen molar-refractivity contribution >= 4 is 11.3 Å². The van der Waals surface area contributed by atoms with Crippen LogP contribution in [0, 0.1) is 18.3 Å². The lowest BCUT2D eigenvalue weighted by Gasteiger charge is -2.03. The summed E-state index contributed by atoms with van der Waals surface area (Å²) in [4.78, 5) is 2.57. The summed E-state index contributed by atoms with van der Waals surface area (Å²) in [6, 6.07) is 22.8. The van der Waals surface area contributed by atoms with E-state index in [0.29, 0.717) is 5.56 Å². The molecular formula is C19H15NS. The van der Waals surface area contributed by atoms with Crippen molar-refractivity contribution in [2.75, 3.05) is 0 Å². The minimum absolute atomic E-state index is 0.710. The first-order valence-electron chi connectivity index (χ1n) is 6.90. The molecule has 2 heteroatoms. The highest BCUT2D eigenvalue weighted by atomic mass is 32.1. The first kappa shape index (κ1) is 13.6. The van der Waals surface area contributed by atoms with Gasteiger partial charge in [0.25, 0.3) is 0 Å². The maximum atomic E-state index is 8.99. The standard InChI is InChI=1S/C19H15NS/c1-14-5-2-3-7-16(14)12-18-9-10-19(21-18)17-8-4-6-15(11-17)13-20/h2-11H,12H2,1H3. The third-order valence-electron chi connectivity index (χ3n) is 3.56. The van der Waals surface area contributed by atoms with E-state index in [1.165, 1.54) is 20.9 Å². The van der Waals surface area contributed by atoms with Gasteiger partial charge in [-0.2, -0.15) is 5.26 Å². The molecular weight excluding hydrogens is 274 g/mol. The van der Waals surface area contributed by atoms with Crippen LogP contribution in [0.4, 0.5) is 0 Å². The highest BCUT2D eigenvalue weighted by Crippen LogP contribution is 2.30. The van der Waals surface area contributed by atoms with Crippen LogP contribution in [0.15, 0.2) is 60.7 Å². The Morgan fingerprint density at radius 1 is 1.00 bits per heavy atom. The van der Waals surface area contributed by atoms with Gasteiger partial charge in [0.05, 0.1) is 11.6 Å². The van der Waals surface area contributed by atoms with Crippen molar-refractivity contribution in [3.05, 3.63) is 82.2 Å². The summed E-state index contributed by atoms with van der Waals surface area (Å²) in [6.07, 6.45) is 0.968. The number of hydrogen-bond acceptors (Lipinski definition) is 2. The van der Waals surface area contributed by atoms with E-state index in [9.17, 15) is 0 Å². The topological polar surface area (TPSA) is 23.8 Å². The quantitative estimate of drug-likeness (QED) is 0.651. The van der Waals surface area contributed by atoms with Gasteiger partial charge in [0.2, 0.25) is 0 Å². The van der Waals surface area contributed by atoms with E-state index >= 15 is 0 Å². The normalized spacial score (nSPS) is 10.3. The third-order valence-corrected chi connectivity index (χ3v) is 4.70. The predicted molar refractivity (Wildman–Crippen MR) is 88.5 cm³/mol. The first-order chi connectivity index (χ1) is 10.3. The molecule has 2 aromatic carbocycles. The van der Waals surface area contributed by atoms with Crippen molar-refractivity contribution in [3.8, 4) is 16.5 Å². The van der Waals surface area contributed by atoms with Crippen molar-refractivity contribution in [2.45, 2.75) is 13.3 Å². The van der Waals surface area contributed by atoms with Crippen LogP contribution < -0.4 is 0 Å². The van der Waals surface area contributed by atoms with Crippen LogP contribution in [0.2, 0.25) is 0 Å².